The van der Waals surface area contributed by atoms with Crippen LogP contribution in [0.25, 0.3) is 0 Å². The SMILES string of the molecule is CC(O)CCN(C)CC(=O)N1CCN(S(C)(=O)=O)CC1. The molecular weight excluding hydrogens is 282 g/mol. The maximum absolute atomic E-state index is 12.1. The van der Waals surface area contributed by atoms with Gasteiger partial charge in [-0.25, -0.2) is 8.42 Å². The minimum atomic E-state index is -3.16. The number of amides is 1. The Morgan fingerprint density at radius 2 is 1.85 bits per heavy atom. The lowest BCUT2D eigenvalue weighted by molar-refractivity contribution is -0.133. The van der Waals surface area contributed by atoms with E-state index in [1.165, 1.54) is 10.6 Å². The van der Waals surface area contributed by atoms with E-state index in [4.69, 9.17) is 0 Å². The second-order valence-corrected chi connectivity index (χ2v) is 7.40. The number of likely N-dealkylation sites (N-methyl/N-ethyl adjacent to an activating group) is 1. The van der Waals surface area contributed by atoms with E-state index in [1.807, 2.05) is 11.9 Å². The summed E-state index contributed by atoms with van der Waals surface area (Å²) in [5.41, 5.74) is 0. The fraction of sp³-hybridized carbons (Fsp3) is 0.917. The molecule has 1 N–H and O–H groups in total. The zero-order chi connectivity index (χ0) is 15.3. The molecule has 118 valence electrons. The van der Waals surface area contributed by atoms with Gasteiger partial charge in [-0.3, -0.25) is 9.69 Å². The van der Waals surface area contributed by atoms with Gasteiger partial charge in [-0.05, 0) is 20.4 Å². The van der Waals surface area contributed by atoms with Crippen molar-refractivity contribution >= 4 is 15.9 Å². The first-order valence-corrected chi connectivity index (χ1v) is 8.64. The van der Waals surface area contributed by atoms with Crippen molar-refractivity contribution in [3.05, 3.63) is 0 Å². The van der Waals surface area contributed by atoms with E-state index in [9.17, 15) is 18.3 Å². The van der Waals surface area contributed by atoms with Crippen LogP contribution in [0.5, 0.6) is 0 Å². The maximum atomic E-state index is 12.1. The summed E-state index contributed by atoms with van der Waals surface area (Å²) in [5, 5.41) is 9.21. The number of nitrogens with zero attached hydrogens (tertiary/aromatic N) is 3. The van der Waals surface area contributed by atoms with E-state index in [-0.39, 0.29) is 12.0 Å². The van der Waals surface area contributed by atoms with Crippen molar-refractivity contribution in [3.8, 4) is 0 Å². The molecule has 0 aliphatic carbocycles. The number of aliphatic hydroxyl groups is 1. The summed E-state index contributed by atoms with van der Waals surface area (Å²) in [6.45, 7) is 4.29. The number of carbonyl (C=O) groups is 1. The monoisotopic (exact) mass is 307 g/mol. The number of hydrogen-bond donors (Lipinski definition) is 1. The Kier molecular flexibility index (Phi) is 6.38. The van der Waals surface area contributed by atoms with Gasteiger partial charge in [0.2, 0.25) is 15.9 Å². The largest absolute Gasteiger partial charge is 0.393 e. The van der Waals surface area contributed by atoms with Crippen LogP contribution in [0.3, 0.4) is 0 Å². The summed E-state index contributed by atoms with van der Waals surface area (Å²) in [4.78, 5) is 15.6. The van der Waals surface area contributed by atoms with Gasteiger partial charge < -0.3 is 10.0 Å². The van der Waals surface area contributed by atoms with Crippen LogP contribution >= 0.6 is 0 Å². The molecule has 1 saturated heterocycles. The van der Waals surface area contributed by atoms with Gasteiger partial charge in [0.05, 0.1) is 18.9 Å². The van der Waals surface area contributed by atoms with Gasteiger partial charge in [0, 0.05) is 32.7 Å². The summed E-state index contributed by atoms with van der Waals surface area (Å²) in [6, 6.07) is 0. The number of piperazine rings is 1. The Hall–Kier alpha value is -0.700. The van der Waals surface area contributed by atoms with E-state index in [1.54, 1.807) is 11.8 Å². The van der Waals surface area contributed by atoms with Crippen LogP contribution in [0.4, 0.5) is 0 Å². The lowest BCUT2D eigenvalue weighted by Crippen LogP contribution is -2.52. The summed E-state index contributed by atoms with van der Waals surface area (Å²) in [6.07, 6.45) is 1.45. The standard InChI is InChI=1S/C12H25N3O4S/c1-11(16)4-5-13(2)10-12(17)14-6-8-15(9-7-14)20(3,18)19/h11,16H,4-10H2,1-3H3. The van der Waals surface area contributed by atoms with Gasteiger partial charge in [0.15, 0.2) is 0 Å². The van der Waals surface area contributed by atoms with E-state index < -0.39 is 10.0 Å². The molecule has 1 amide bonds. The van der Waals surface area contributed by atoms with Gasteiger partial charge in [-0.2, -0.15) is 4.31 Å². The zero-order valence-electron chi connectivity index (χ0n) is 12.4. The molecule has 0 spiro atoms. The third-order valence-electron chi connectivity index (χ3n) is 3.39. The first-order chi connectivity index (χ1) is 9.20. The average Bonchev–Trinajstić information content (AvgIpc) is 2.35. The quantitative estimate of drug-likeness (QED) is 0.666. The first kappa shape index (κ1) is 17.4. The van der Waals surface area contributed by atoms with Crippen LogP contribution < -0.4 is 0 Å². The van der Waals surface area contributed by atoms with Crippen LogP contribution in [0.1, 0.15) is 13.3 Å². The molecule has 1 aliphatic rings. The zero-order valence-corrected chi connectivity index (χ0v) is 13.3. The van der Waals surface area contributed by atoms with Crippen molar-refractivity contribution in [2.24, 2.45) is 0 Å². The van der Waals surface area contributed by atoms with Crippen LogP contribution in [0.2, 0.25) is 0 Å². The normalized spacial score (nSPS) is 19.4. The van der Waals surface area contributed by atoms with Crippen LogP contribution in [0.15, 0.2) is 0 Å². The lowest BCUT2D eigenvalue weighted by Gasteiger charge is -2.34. The topological polar surface area (TPSA) is 81.2 Å². The molecule has 8 heteroatoms. The predicted molar refractivity (Wildman–Crippen MR) is 76.8 cm³/mol. The number of aliphatic hydroxyl groups excluding tert-OH is 1. The molecule has 0 aromatic rings. The highest BCUT2D eigenvalue weighted by Crippen LogP contribution is 2.06. The van der Waals surface area contributed by atoms with E-state index in [0.29, 0.717) is 45.7 Å². The van der Waals surface area contributed by atoms with Crippen molar-refractivity contribution < 1.29 is 18.3 Å². The molecule has 20 heavy (non-hydrogen) atoms. The molecule has 1 atom stereocenters. The molecule has 0 radical (unpaired) electrons. The third kappa shape index (κ3) is 5.74. The molecule has 1 fully saturated rings. The highest BCUT2D eigenvalue weighted by molar-refractivity contribution is 7.88. The summed E-state index contributed by atoms with van der Waals surface area (Å²) >= 11 is 0. The number of sulfonamides is 1. The van der Waals surface area contributed by atoms with Crippen molar-refractivity contribution in [2.75, 3.05) is 52.6 Å². The summed E-state index contributed by atoms with van der Waals surface area (Å²) < 4.78 is 24.2. The fourth-order valence-electron chi connectivity index (χ4n) is 2.09. The molecule has 1 unspecified atom stereocenters. The van der Waals surface area contributed by atoms with Gasteiger partial charge >= 0.3 is 0 Å². The Bertz CT molecular complexity index is 416. The fourth-order valence-corrected chi connectivity index (χ4v) is 2.91. The number of hydrogen-bond acceptors (Lipinski definition) is 5. The summed E-state index contributed by atoms with van der Waals surface area (Å²) in [7, 11) is -1.32. The minimum Gasteiger partial charge on any atom is -0.393 e. The van der Waals surface area contributed by atoms with Crippen LogP contribution in [-0.2, 0) is 14.8 Å². The van der Waals surface area contributed by atoms with E-state index in [0.717, 1.165) is 0 Å². The number of carbonyl (C=O) groups excluding carboxylic acids is 1. The molecule has 1 rings (SSSR count). The van der Waals surface area contributed by atoms with Crippen molar-refractivity contribution in [2.45, 2.75) is 19.4 Å². The third-order valence-corrected chi connectivity index (χ3v) is 4.70. The average molecular weight is 307 g/mol. The summed E-state index contributed by atoms with van der Waals surface area (Å²) in [5.74, 6) is 0.00578. The molecule has 0 bridgehead atoms. The van der Waals surface area contributed by atoms with Crippen molar-refractivity contribution in [3.63, 3.8) is 0 Å². The van der Waals surface area contributed by atoms with Gasteiger partial charge in [-0.1, -0.05) is 0 Å². The maximum Gasteiger partial charge on any atom is 0.236 e. The second-order valence-electron chi connectivity index (χ2n) is 5.42. The lowest BCUT2D eigenvalue weighted by atomic mass is 10.2. The molecule has 0 aromatic carbocycles. The molecular formula is C12H25N3O4S. The van der Waals surface area contributed by atoms with Crippen molar-refractivity contribution in [1.82, 2.24) is 14.1 Å². The highest BCUT2D eigenvalue weighted by atomic mass is 32.2. The molecule has 7 nitrogen and oxygen atoms in total. The molecule has 0 aromatic heterocycles. The van der Waals surface area contributed by atoms with Gasteiger partial charge in [-0.15, -0.1) is 0 Å². The van der Waals surface area contributed by atoms with E-state index in [2.05, 4.69) is 0 Å². The molecule has 1 aliphatic heterocycles. The Morgan fingerprint density at radius 1 is 1.30 bits per heavy atom. The van der Waals surface area contributed by atoms with Crippen LogP contribution in [0, 0.1) is 0 Å². The molecule has 0 saturated carbocycles. The van der Waals surface area contributed by atoms with E-state index >= 15 is 0 Å². The minimum absolute atomic E-state index is 0.00578. The smallest absolute Gasteiger partial charge is 0.236 e. The number of rotatable bonds is 6. The predicted octanol–water partition coefficient (Wildman–Crippen LogP) is -1.21. The molecule has 1 heterocycles. The van der Waals surface area contributed by atoms with Crippen molar-refractivity contribution in [1.29, 1.82) is 0 Å². The Labute approximate surface area is 121 Å². The Balaban J connectivity index is 2.36. The van der Waals surface area contributed by atoms with Gasteiger partial charge in [0.1, 0.15) is 0 Å². The van der Waals surface area contributed by atoms with Crippen LogP contribution in [-0.4, -0.2) is 92.2 Å². The Morgan fingerprint density at radius 3 is 2.30 bits per heavy atom. The first-order valence-electron chi connectivity index (χ1n) is 6.79. The highest BCUT2D eigenvalue weighted by Gasteiger charge is 2.26. The van der Waals surface area contributed by atoms with Gasteiger partial charge in [0.25, 0.3) is 0 Å². The second kappa shape index (κ2) is 7.35.